The molecule has 2 aromatic carbocycles. The number of ether oxygens (including phenoxy) is 4. The van der Waals surface area contributed by atoms with Gasteiger partial charge in [0.15, 0.2) is 17.3 Å². The summed E-state index contributed by atoms with van der Waals surface area (Å²) in [5.74, 6) is 1.46. The zero-order valence-corrected chi connectivity index (χ0v) is 24.6. The summed E-state index contributed by atoms with van der Waals surface area (Å²) in [4.78, 5) is 23.3. The fourth-order valence-electron chi connectivity index (χ4n) is 5.28. The average Bonchev–Trinajstić information content (AvgIpc) is 3.00. The molecule has 0 aliphatic carbocycles. The zero-order valence-electron chi connectivity index (χ0n) is 24.6. The molecule has 10 nitrogen and oxygen atoms in total. The number of fused-ring (bicyclic) bond motifs is 1. The zero-order chi connectivity index (χ0) is 29.5. The third-order valence-electron chi connectivity index (χ3n) is 7.42. The minimum atomic E-state index is -0.412. The highest BCUT2D eigenvalue weighted by molar-refractivity contribution is 5.94. The second-order valence-electron chi connectivity index (χ2n) is 10.7. The van der Waals surface area contributed by atoms with Crippen LogP contribution >= 0.6 is 0 Å². The molecule has 1 N–H and O–H groups in total. The Morgan fingerprint density at radius 2 is 1.79 bits per heavy atom. The molecule has 0 radical (unpaired) electrons. The number of benzene rings is 2. The maximum atomic E-state index is 15.2. The number of halogens is 1. The molecule has 0 saturated carbocycles. The maximum absolute atomic E-state index is 15.2. The number of carbonyl (C=O) groups is 1. The number of morpholine rings is 1. The van der Waals surface area contributed by atoms with Gasteiger partial charge in [0.05, 0.1) is 50.4 Å². The summed E-state index contributed by atoms with van der Waals surface area (Å²) >= 11 is 0. The molecule has 2 amide bonds. The number of rotatable bonds is 10. The third kappa shape index (κ3) is 7.32. The first-order valence-corrected chi connectivity index (χ1v) is 14.6. The van der Waals surface area contributed by atoms with E-state index < -0.39 is 5.82 Å². The number of methoxy groups -OCH3 is 1. The van der Waals surface area contributed by atoms with Crippen molar-refractivity contribution in [3.05, 3.63) is 48.4 Å². The molecule has 0 spiro atoms. The first-order chi connectivity index (χ1) is 20.4. The van der Waals surface area contributed by atoms with E-state index in [0.29, 0.717) is 66.6 Å². The molecule has 2 saturated heterocycles. The summed E-state index contributed by atoms with van der Waals surface area (Å²) in [6.07, 6.45) is 2.20. The predicted octanol–water partition coefficient (Wildman–Crippen LogP) is 4.62. The molecular formula is C31H40FN5O5. The van der Waals surface area contributed by atoms with Crippen molar-refractivity contribution < 1.29 is 28.1 Å². The van der Waals surface area contributed by atoms with Crippen LogP contribution in [0.2, 0.25) is 0 Å². The van der Waals surface area contributed by atoms with E-state index in [1.807, 2.05) is 49.1 Å². The van der Waals surface area contributed by atoms with E-state index in [1.54, 1.807) is 18.1 Å². The third-order valence-corrected chi connectivity index (χ3v) is 7.42. The van der Waals surface area contributed by atoms with Crippen LogP contribution in [0.5, 0.6) is 17.2 Å². The molecular weight excluding hydrogens is 541 g/mol. The Bertz CT molecular complexity index is 1340. The minimum Gasteiger partial charge on any atom is -0.493 e. The van der Waals surface area contributed by atoms with Gasteiger partial charge in [0.1, 0.15) is 5.75 Å². The molecule has 42 heavy (non-hydrogen) atoms. The smallest absolute Gasteiger partial charge is 0.321 e. The van der Waals surface area contributed by atoms with Crippen molar-refractivity contribution in [1.29, 1.82) is 0 Å². The second-order valence-corrected chi connectivity index (χ2v) is 10.7. The Morgan fingerprint density at radius 3 is 2.48 bits per heavy atom. The monoisotopic (exact) mass is 581 g/mol. The Hall–Kier alpha value is -3.83. The summed E-state index contributed by atoms with van der Waals surface area (Å²) in [7, 11) is 1.58. The van der Waals surface area contributed by atoms with Crippen molar-refractivity contribution in [1.82, 2.24) is 14.8 Å². The first-order valence-electron chi connectivity index (χ1n) is 14.6. The number of carbonyl (C=O) groups excluding carboxylic acids is 1. The Morgan fingerprint density at radius 1 is 1.05 bits per heavy atom. The van der Waals surface area contributed by atoms with Crippen LogP contribution in [-0.4, -0.2) is 99.7 Å². The maximum Gasteiger partial charge on any atom is 0.321 e. The van der Waals surface area contributed by atoms with Gasteiger partial charge in [-0.15, -0.1) is 0 Å². The number of nitrogens with one attached hydrogen (secondary N) is 1. The summed E-state index contributed by atoms with van der Waals surface area (Å²) in [5.41, 5.74) is 1.77. The first kappa shape index (κ1) is 29.7. The lowest BCUT2D eigenvalue weighted by Crippen LogP contribution is -2.50. The van der Waals surface area contributed by atoms with Crippen molar-refractivity contribution >= 4 is 28.3 Å². The van der Waals surface area contributed by atoms with Crippen LogP contribution in [0.25, 0.3) is 10.9 Å². The van der Waals surface area contributed by atoms with Crippen LogP contribution < -0.4 is 24.4 Å². The van der Waals surface area contributed by atoms with Crippen molar-refractivity contribution in [3.63, 3.8) is 0 Å². The number of urea groups is 1. The van der Waals surface area contributed by atoms with Crippen LogP contribution in [0.1, 0.15) is 20.3 Å². The van der Waals surface area contributed by atoms with Gasteiger partial charge >= 0.3 is 6.03 Å². The summed E-state index contributed by atoms with van der Waals surface area (Å²) in [5, 5.41) is 3.59. The number of pyridine rings is 1. The van der Waals surface area contributed by atoms with Gasteiger partial charge in [-0.2, -0.15) is 0 Å². The van der Waals surface area contributed by atoms with E-state index in [1.165, 1.54) is 6.20 Å². The van der Waals surface area contributed by atoms with Crippen molar-refractivity contribution in [2.75, 3.05) is 83.0 Å². The Kier molecular flexibility index (Phi) is 9.81. The highest BCUT2D eigenvalue weighted by Crippen LogP contribution is 2.37. The number of nitrogens with zero attached hydrogens (tertiary/aromatic N) is 4. The molecule has 2 aliphatic rings. The SMILES string of the molecule is COc1cc2c(N3CCN(C(=O)Nc4ccc(OC(C)C)cc4)CC3)c(F)cnc2cc1OCCCN1CCOCC1. The number of hydrogen-bond donors (Lipinski definition) is 1. The molecule has 11 heteroatoms. The largest absolute Gasteiger partial charge is 0.493 e. The molecule has 5 rings (SSSR count). The second kappa shape index (κ2) is 13.9. The van der Waals surface area contributed by atoms with Crippen molar-refractivity contribution in [2.24, 2.45) is 0 Å². The van der Waals surface area contributed by atoms with Crippen molar-refractivity contribution in [2.45, 2.75) is 26.4 Å². The number of piperazine rings is 1. The van der Waals surface area contributed by atoms with E-state index in [4.69, 9.17) is 18.9 Å². The minimum absolute atomic E-state index is 0.0799. The highest BCUT2D eigenvalue weighted by atomic mass is 19.1. The molecule has 0 bridgehead atoms. The van der Waals surface area contributed by atoms with E-state index in [0.717, 1.165) is 45.0 Å². The van der Waals surface area contributed by atoms with Crippen LogP contribution in [0.4, 0.5) is 20.6 Å². The van der Waals surface area contributed by atoms with E-state index in [2.05, 4.69) is 15.2 Å². The standard InChI is InChI=1S/C31H40FN5O5/c1-22(2)42-24-7-5-23(6-8-24)34-31(38)37-12-10-36(11-13-37)30-25-19-28(39-3)29(20-27(25)33-21-26(30)32)41-16-4-9-35-14-17-40-18-15-35/h5-8,19-22H,4,9-18H2,1-3H3,(H,34,38). The van der Waals surface area contributed by atoms with Gasteiger partial charge in [0.25, 0.3) is 0 Å². The van der Waals surface area contributed by atoms with Gasteiger partial charge in [0, 0.05) is 63.0 Å². The van der Waals surface area contributed by atoms with Crippen LogP contribution in [0, 0.1) is 5.82 Å². The van der Waals surface area contributed by atoms with Crippen LogP contribution in [0.15, 0.2) is 42.6 Å². The Balaban J connectivity index is 1.21. The molecule has 2 fully saturated rings. The molecule has 226 valence electrons. The lowest BCUT2D eigenvalue weighted by atomic mass is 10.1. The van der Waals surface area contributed by atoms with E-state index in [-0.39, 0.29) is 12.1 Å². The van der Waals surface area contributed by atoms with E-state index >= 15 is 4.39 Å². The number of anilines is 2. The Labute approximate surface area is 246 Å². The van der Waals surface area contributed by atoms with Gasteiger partial charge in [-0.3, -0.25) is 9.88 Å². The quantitative estimate of drug-likeness (QED) is 0.347. The molecule has 0 unspecified atom stereocenters. The molecule has 2 aliphatic heterocycles. The molecule has 0 atom stereocenters. The van der Waals surface area contributed by atoms with Gasteiger partial charge in [-0.05, 0) is 50.6 Å². The van der Waals surface area contributed by atoms with Gasteiger partial charge in [-0.1, -0.05) is 0 Å². The summed E-state index contributed by atoms with van der Waals surface area (Å²) in [6.45, 7) is 10.7. The van der Waals surface area contributed by atoms with Gasteiger partial charge in [0.2, 0.25) is 0 Å². The van der Waals surface area contributed by atoms with Crippen molar-refractivity contribution in [3.8, 4) is 17.2 Å². The normalized spacial score (nSPS) is 16.1. The lowest BCUT2D eigenvalue weighted by Gasteiger charge is -2.36. The topological polar surface area (TPSA) is 88.6 Å². The highest BCUT2D eigenvalue weighted by Gasteiger charge is 2.25. The van der Waals surface area contributed by atoms with Crippen LogP contribution in [-0.2, 0) is 4.74 Å². The van der Waals surface area contributed by atoms with E-state index in [9.17, 15) is 4.79 Å². The fourth-order valence-corrected chi connectivity index (χ4v) is 5.28. The summed E-state index contributed by atoms with van der Waals surface area (Å²) < 4.78 is 38.0. The lowest BCUT2D eigenvalue weighted by molar-refractivity contribution is 0.0357. The number of hydrogen-bond acceptors (Lipinski definition) is 8. The van der Waals surface area contributed by atoms with Crippen LogP contribution in [0.3, 0.4) is 0 Å². The number of aromatic nitrogens is 1. The fraction of sp³-hybridized carbons (Fsp3) is 0.484. The molecule has 3 aromatic rings. The average molecular weight is 582 g/mol. The number of amides is 2. The van der Waals surface area contributed by atoms with Gasteiger partial charge < -0.3 is 34.1 Å². The molecule has 3 heterocycles. The predicted molar refractivity (Wildman–Crippen MR) is 161 cm³/mol. The summed E-state index contributed by atoms with van der Waals surface area (Å²) in [6, 6.07) is 10.7. The van der Waals surface area contributed by atoms with Gasteiger partial charge in [-0.25, -0.2) is 9.18 Å². The molecule has 1 aromatic heterocycles.